The molecule has 6 nitrogen and oxygen atoms in total. The van der Waals surface area contributed by atoms with Gasteiger partial charge in [-0.05, 0) is 43.7 Å². The van der Waals surface area contributed by atoms with E-state index in [-0.39, 0.29) is 34.6 Å². The first-order chi connectivity index (χ1) is 15.8. The standard InChI is InChI=1S/C25H23NO5S2/c1-4-12-31-20-11-8-17(13-21(20)30-5-2)19-14-23(27)26-24-22(15-32-25(19)24)33(28,29)18-9-6-16(3)7-10-18/h1,6-11,13,15,19H,5,12,14H2,2-3H3,(H,26,27)/t19-/m0/s1. The van der Waals surface area contributed by atoms with E-state index in [0.29, 0.717) is 23.8 Å². The molecule has 1 aliphatic heterocycles. The molecule has 1 aromatic heterocycles. The maximum absolute atomic E-state index is 13.3. The second kappa shape index (κ2) is 9.30. The van der Waals surface area contributed by atoms with Crippen molar-refractivity contribution < 1.29 is 22.7 Å². The molecule has 0 aliphatic carbocycles. The summed E-state index contributed by atoms with van der Waals surface area (Å²) in [4.78, 5) is 13.7. The molecule has 3 aromatic rings. The van der Waals surface area contributed by atoms with E-state index >= 15 is 0 Å². The van der Waals surface area contributed by atoms with Crippen molar-refractivity contribution in [1.82, 2.24) is 0 Å². The number of carbonyl (C=O) groups is 1. The number of sulfone groups is 1. The van der Waals surface area contributed by atoms with E-state index in [1.54, 1.807) is 35.7 Å². The van der Waals surface area contributed by atoms with E-state index in [4.69, 9.17) is 15.9 Å². The molecule has 1 N–H and O–H groups in total. The van der Waals surface area contributed by atoms with Crippen LogP contribution in [-0.2, 0) is 14.6 Å². The third kappa shape index (κ3) is 4.47. The zero-order valence-electron chi connectivity index (χ0n) is 18.3. The molecule has 0 bridgehead atoms. The maximum atomic E-state index is 13.3. The lowest BCUT2D eigenvalue weighted by molar-refractivity contribution is -0.116. The van der Waals surface area contributed by atoms with Crippen LogP contribution >= 0.6 is 11.3 Å². The van der Waals surface area contributed by atoms with E-state index in [1.807, 2.05) is 26.0 Å². The Morgan fingerprint density at radius 3 is 2.61 bits per heavy atom. The number of amides is 1. The van der Waals surface area contributed by atoms with Crippen LogP contribution in [0.2, 0.25) is 0 Å². The Balaban J connectivity index is 1.76. The second-order valence-electron chi connectivity index (χ2n) is 7.59. The maximum Gasteiger partial charge on any atom is 0.225 e. The number of hydrogen-bond donors (Lipinski definition) is 1. The minimum Gasteiger partial charge on any atom is -0.490 e. The second-order valence-corrected chi connectivity index (χ2v) is 10.4. The van der Waals surface area contributed by atoms with Gasteiger partial charge in [0.25, 0.3) is 0 Å². The SMILES string of the molecule is C#CCOc1ccc([C@@H]2CC(=O)Nc3c(S(=O)(=O)c4ccc(C)cc4)csc32)cc1OCC. The normalized spacial score (nSPS) is 15.3. The molecule has 1 atom stereocenters. The molecule has 0 spiro atoms. The smallest absolute Gasteiger partial charge is 0.225 e. The van der Waals surface area contributed by atoms with Gasteiger partial charge in [-0.1, -0.05) is 29.7 Å². The third-order valence-electron chi connectivity index (χ3n) is 5.36. The van der Waals surface area contributed by atoms with Crippen LogP contribution in [0.5, 0.6) is 11.5 Å². The minimum absolute atomic E-state index is 0.112. The molecular formula is C25H23NO5S2. The molecule has 1 amide bonds. The van der Waals surface area contributed by atoms with Crippen LogP contribution in [-0.4, -0.2) is 27.5 Å². The number of carbonyl (C=O) groups excluding carboxylic acids is 1. The number of thiophene rings is 1. The molecule has 0 saturated heterocycles. The van der Waals surface area contributed by atoms with Crippen molar-refractivity contribution in [3.8, 4) is 23.8 Å². The summed E-state index contributed by atoms with van der Waals surface area (Å²) in [5.74, 6) is 2.94. The molecule has 33 heavy (non-hydrogen) atoms. The van der Waals surface area contributed by atoms with Crippen molar-refractivity contribution in [2.75, 3.05) is 18.5 Å². The molecule has 0 unspecified atom stereocenters. The molecule has 1 aliphatic rings. The van der Waals surface area contributed by atoms with Gasteiger partial charge in [-0.2, -0.15) is 0 Å². The fraction of sp³-hybridized carbons (Fsp3) is 0.240. The first-order valence-electron chi connectivity index (χ1n) is 10.4. The van der Waals surface area contributed by atoms with Gasteiger partial charge in [0.15, 0.2) is 11.5 Å². The highest BCUT2D eigenvalue weighted by molar-refractivity contribution is 7.91. The number of anilines is 1. The average Bonchev–Trinajstić information content (AvgIpc) is 3.23. The van der Waals surface area contributed by atoms with Crippen molar-refractivity contribution >= 4 is 32.8 Å². The summed E-state index contributed by atoms with van der Waals surface area (Å²) in [7, 11) is -3.78. The summed E-state index contributed by atoms with van der Waals surface area (Å²) >= 11 is 1.33. The lowest BCUT2D eigenvalue weighted by Crippen LogP contribution is -2.23. The first-order valence-corrected chi connectivity index (χ1v) is 12.8. The Hall–Kier alpha value is -3.28. The average molecular weight is 482 g/mol. The predicted molar refractivity (Wildman–Crippen MR) is 128 cm³/mol. The number of terminal acetylenes is 1. The highest BCUT2D eigenvalue weighted by Gasteiger charge is 2.34. The first kappa shape index (κ1) is 22.9. The summed E-state index contributed by atoms with van der Waals surface area (Å²) in [5, 5.41) is 4.39. The summed E-state index contributed by atoms with van der Waals surface area (Å²) in [6.45, 7) is 4.31. The summed E-state index contributed by atoms with van der Waals surface area (Å²) in [5.41, 5.74) is 2.16. The molecule has 170 valence electrons. The number of aryl methyl sites for hydroxylation is 1. The molecule has 4 rings (SSSR count). The Kier molecular flexibility index (Phi) is 6.45. The van der Waals surface area contributed by atoms with Gasteiger partial charge in [0, 0.05) is 22.6 Å². The fourth-order valence-corrected chi connectivity index (χ4v) is 6.67. The fourth-order valence-electron chi connectivity index (χ4n) is 3.76. The van der Waals surface area contributed by atoms with E-state index in [0.717, 1.165) is 16.0 Å². The van der Waals surface area contributed by atoms with Crippen molar-refractivity contribution in [3.63, 3.8) is 0 Å². The summed E-state index contributed by atoms with van der Waals surface area (Å²) in [6, 6.07) is 12.1. The van der Waals surface area contributed by atoms with Crippen molar-refractivity contribution in [2.24, 2.45) is 0 Å². The topological polar surface area (TPSA) is 81.7 Å². The largest absolute Gasteiger partial charge is 0.490 e. The molecule has 2 aromatic carbocycles. The Bertz CT molecular complexity index is 1330. The monoisotopic (exact) mass is 481 g/mol. The zero-order chi connectivity index (χ0) is 23.6. The van der Waals surface area contributed by atoms with Crippen LogP contribution in [0.25, 0.3) is 0 Å². The molecule has 0 saturated carbocycles. The predicted octanol–water partition coefficient (Wildman–Crippen LogP) is 4.77. The molecule has 0 fully saturated rings. The van der Waals surface area contributed by atoms with Crippen LogP contribution in [0.1, 0.15) is 35.3 Å². The lowest BCUT2D eigenvalue weighted by Gasteiger charge is -2.24. The van der Waals surface area contributed by atoms with Gasteiger partial charge < -0.3 is 14.8 Å². The molecule has 2 heterocycles. The number of benzene rings is 2. The highest BCUT2D eigenvalue weighted by Crippen LogP contribution is 2.47. The van der Waals surface area contributed by atoms with E-state index < -0.39 is 9.84 Å². The van der Waals surface area contributed by atoms with E-state index in [9.17, 15) is 13.2 Å². The minimum atomic E-state index is -3.78. The van der Waals surface area contributed by atoms with Gasteiger partial charge in [-0.15, -0.1) is 17.8 Å². The van der Waals surface area contributed by atoms with E-state index in [1.165, 1.54) is 11.3 Å². The van der Waals surface area contributed by atoms with Gasteiger partial charge in [0.1, 0.15) is 11.5 Å². The number of ether oxygens (including phenoxy) is 2. The van der Waals surface area contributed by atoms with Gasteiger partial charge in [-0.25, -0.2) is 8.42 Å². The Morgan fingerprint density at radius 1 is 1.15 bits per heavy atom. The Morgan fingerprint density at radius 2 is 1.91 bits per heavy atom. The molecular weight excluding hydrogens is 458 g/mol. The number of hydrogen-bond acceptors (Lipinski definition) is 6. The van der Waals surface area contributed by atoms with Crippen LogP contribution in [0.15, 0.2) is 57.6 Å². The van der Waals surface area contributed by atoms with Crippen LogP contribution in [0, 0.1) is 19.3 Å². The van der Waals surface area contributed by atoms with Crippen molar-refractivity contribution in [2.45, 2.75) is 36.0 Å². The van der Waals surface area contributed by atoms with E-state index in [2.05, 4.69) is 11.2 Å². The van der Waals surface area contributed by atoms with Crippen LogP contribution in [0.3, 0.4) is 0 Å². The zero-order valence-corrected chi connectivity index (χ0v) is 19.9. The van der Waals surface area contributed by atoms with Crippen molar-refractivity contribution in [1.29, 1.82) is 0 Å². The summed E-state index contributed by atoms with van der Waals surface area (Å²) in [6.07, 6.45) is 5.50. The number of nitrogens with one attached hydrogen (secondary N) is 1. The molecule has 0 radical (unpaired) electrons. The third-order valence-corrected chi connectivity index (χ3v) is 8.40. The van der Waals surface area contributed by atoms with Gasteiger partial charge in [0.2, 0.25) is 15.7 Å². The number of rotatable bonds is 7. The van der Waals surface area contributed by atoms with Crippen LogP contribution in [0.4, 0.5) is 5.69 Å². The van der Waals surface area contributed by atoms with Gasteiger partial charge in [0.05, 0.1) is 17.2 Å². The quantitative estimate of drug-likeness (QED) is 0.492. The highest BCUT2D eigenvalue weighted by atomic mass is 32.2. The van der Waals surface area contributed by atoms with Crippen molar-refractivity contribution in [3.05, 3.63) is 63.8 Å². The van der Waals surface area contributed by atoms with Crippen LogP contribution < -0.4 is 14.8 Å². The summed E-state index contributed by atoms with van der Waals surface area (Å²) < 4.78 is 37.9. The lowest BCUT2D eigenvalue weighted by atomic mass is 9.90. The van der Waals surface area contributed by atoms with Gasteiger partial charge >= 0.3 is 0 Å². The number of fused-ring (bicyclic) bond motifs is 1. The van der Waals surface area contributed by atoms with Gasteiger partial charge in [-0.3, -0.25) is 4.79 Å². The molecule has 8 heteroatoms. The Labute approximate surface area is 197 Å².